The quantitative estimate of drug-likeness (QED) is 0.713. The van der Waals surface area contributed by atoms with E-state index in [1.165, 1.54) is 19.4 Å². The topological polar surface area (TPSA) is 49.6 Å². The average molecular weight is 263 g/mol. The van der Waals surface area contributed by atoms with Gasteiger partial charge in [-0.2, -0.15) is 0 Å². The van der Waals surface area contributed by atoms with Gasteiger partial charge in [-0.1, -0.05) is 12.2 Å². The van der Waals surface area contributed by atoms with E-state index in [0.717, 1.165) is 25.9 Å². The smallest absolute Gasteiger partial charge is 0.229 e. The molecule has 2 saturated heterocycles. The van der Waals surface area contributed by atoms with E-state index in [9.17, 15) is 4.79 Å². The fourth-order valence-corrected chi connectivity index (χ4v) is 4.00. The summed E-state index contributed by atoms with van der Waals surface area (Å²) < 4.78 is 0. The van der Waals surface area contributed by atoms with Crippen LogP contribution in [0.25, 0.3) is 0 Å². The van der Waals surface area contributed by atoms with E-state index in [2.05, 4.69) is 16.8 Å². The predicted octanol–water partition coefficient (Wildman–Crippen LogP) is 0.833. The molecule has 4 heteroatoms. The maximum absolute atomic E-state index is 12.5. The second-order valence-electron chi connectivity index (χ2n) is 6.41. The van der Waals surface area contributed by atoms with Gasteiger partial charge in [0, 0.05) is 25.2 Å². The number of carbonyl (C=O) groups excluding carboxylic acids is 1. The minimum absolute atomic E-state index is 0.0351. The van der Waals surface area contributed by atoms with E-state index in [-0.39, 0.29) is 12.0 Å². The Morgan fingerprint density at radius 1 is 1.26 bits per heavy atom. The number of nitrogens with zero attached hydrogens (tertiary/aromatic N) is 2. The van der Waals surface area contributed by atoms with Gasteiger partial charge in [-0.05, 0) is 45.2 Å². The zero-order valence-electron chi connectivity index (χ0n) is 11.8. The van der Waals surface area contributed by atoms with Crippen LogP contribution in [0, 0.1) is 11.8 Å². The SMILES string of the molecule is CN1CCCC2CN(C(=O)C3C=CC(N)C3)CCC21. The summed E-state index contributed by atoms with van der Waals surface area (Å²) in [6.07, 6.45) is 8.46. The van der Waals surface area contributed by atoms with Gasteiger partial charge in [0.05, 0.1) is 5.92 Å². The minimum Gasteiger partial charge on any atom is -0.342 e. The van der Waals surface area contributed by atoms with Crippen molar-refractivity contribution in [2.75, 3.05) is 26.7 Å². The summed E-state index contributed by atoms with van der Waals surface area (Å²) in [5.74, 6) is 1.01. The van der Waals surface area contributed by atoms with Crippen molar-refractivity contribution >= 4 is 5.91 Å². The summed E-state index contributed by atoms with van der Waals surface area (Å²) in [4.78, 5) is 17.1. The Morgan fingerprint density at radius 2 is 2.11 bits per heavy atom. The molecule has 4 nitrogen and oxygen atoms in total. The molecule has 2 aliphatic heterocycles. The number of hydrogen-bond donors (Lipinski definition) is 1. The molecule has 4 atom stereocenters. The highest BCUT2D eigenvalue weighted by Crippen LogP contribution is 2.31. The van der Waals surface area contributed by atoms with Gasteiger partial charge in [0.25, 0.3) is 0 Å². The molecule has 1 aliphatic carbocycles. The molecule has 2 N–H and O–H groups in total. The molecule has 0 aromatic carbocycles. The van der Waals surface area contributed by atoms with Gasteiger partial charge >= 0.3 is 0 Å². The molecule has 106 valence electrons. The molecule has 2 heterocycles. The summed E-state index contributed by atoms with van der Waals surface area (Å²) in [7, 11) is 2.23. The van der Waals surface area contributed by atoms with Gasteiger partial charge in [-0.15, -0.1) is 0 Å². The van der Waals surface area contributed by atoms with Crippen molar-refractivity contribution < 1.29 is 4.79 Å². The second kappa shape index (κ2) is 5.25. The third-order valence-electron chi connectivity index (χ3n) is 5.09. The van der Waals surface area contributed by atoms with Crippen LogP contribution in [0.2, 0.25) is 0 Å². The van der Waals surface area contributed by atoms with E-state index in [1.54, 1.807) is 0 Å². The number of hydrogen-bond acceptors (Lipinski definition) is 3. The lowest BCUT2D eigenvalue weighted by Crippen LogP contribution is -2.54. The van der Waals surface area contributed by atoms with E-state index < -0.39 is 0 Å². The highest BCUT2D eigenvalue weighted by molar-refractivity contribution is 5.81. The molecular formula is C15H25N3O. The fraction of sp³-hybridized carbons (Fsp3) is 0.800. The molecule has 0 saturated carbocycles. The fourth-order valence-electron chi connectivity index (χ4n) is 4.00. The van der Waals surface area contributed by atoms with Crippen LogP contribution in [0.1, 0.15) is 25.7 Å². The van der Waals surface area contributed by atoms with Gasteiger partial charge in [0.1, 0.15) is 0 Å². The number of likely N-dealkylation sites (tertiary alicyclic amines) is 2. The van der Waals surface area contributed by atoms with Crippen LogP contribution in [-0.2, 0) is 4.79 Å². The van der Waals surface area contributed by atoms with Gasteiger partial charge in [-0.25, -0.2) is 0 Å². The summed E-state index contributed by atoms with van der Waals surface area (Å²) >= 11 is 0. The first-order valence-electron chi connectivity index (χ1n) is 7.58. The van der Waals surface area contributed by atoms with Crippen LogP contribution >= 0.6 is 0 Å². The van der Waals surface area contributed by atoms with Crippen LogP contribution in [0.3, 0.4) is 0 Å². The zero-order valence-corrected chi connectivity index (χ0v) is 11.8. The average Bonchev–Trinajstić information content (AvgIpc) is 2.84. The highest BCUT2D eigenvalue weighted by atomic mass is 16.2. The third kappa shape index (κ3) is 2.56. The monoisotopic (exact) mass is 263 g/mol. The number of rotatable bonds is 1. The second-order valence-corrected chi connectivity index (χ2v) is 6.41. The zero-order chi connectivity index (χ0) is 13.4. The number of carbonyl (C=O) groups is 1. The predicted molar refractivity (Wildman–Crippen MR) is 75.6 cm³/mol. The first-order valence-corrected chi connectivity index (χ1v) is 7.58. The van der Waals surface area contributed by atoms with E-state index in [1.807, 2.05) is 12.2 Å². The lowest BCUT2D eigenvalue weighted by molar-refractivity contribution is -0.137. The number of nitrogens with two attached hydrogens (primary N) is 1. The lowest BCUT2D eigenvalue weighted by atomic mass is 9.84. The summed E-state index contributed by atoms with van der Waals surface area (Å²) in [5.41, 5.74) is 5.85. The molecule has 0 radical (unpaired) electrons. The van der Waals surface area contributed by atoms with Crippen LogP contribution in [0.5, 0.6) is 0 Å². The van der Waals surface area contributed by atoms with Crippen molar-refractivity contribution in [1.29, 1.82) is 0 Å². The molecule has 0 spiro atoms. The molecule has 1 amide bonds. The first kappa shape index (κ1) is 13.1. The van der Waals surface area contributed by atoms with Gasteiger partial charge in [0.15, 0.2) is 0 Å². The van der Waals surface area contributed by atoms with Crippen molar-refractivity contribution in [3.63, 3.8) is 0 Å². The molecule has 0 aromatic heterocycles. The van der Waals surface area contributed by atoms with Crippen LogP contribution in [0.4, 0.5) is 0 Å². The Labute approximate surface area is 115 Å². The molecule has 0 aromatic rings. The van der Waals surface area contributed by atoms with Crippen molar-refractivity contribution in [2.24, 2.45) is 17.6 Å². The van der Waals surface area contributed by atoms with Crippen molar-refractivity contribution in [2.45, 2.75) is 37.8 Å². The number of amides is 1. The largest absolute Gasteiger partial charge is 0.342 e. The number of fused-ring (bicyclic) bond motifs is 1. The Hall–Kier alpha value is -0.870. The summed E-state index contributed by atoms with van der Waals surface area (Å²) in [5, 5.41) is 0. The summed E-state index contributed by atoms with van der Waals surface area (Å²) in [6.45, 7) is 3.09. The van der Waals surface area contributed by atoms with E-state index in [4.69, 9.17) is 5.73 Å². The van der Waals surface area contributed by atoms with Crippen LogP contribution in [0.15, 0.2) is 12.2 Å². The van der Waals surface area contributed by atoms with E-state index in [0.29, 0.717) is 17.9 Å². The molecule has 3 aliphatic rings. The van der Waals surface area contributed by atoms with Crippen LogP contribution in [-0.4, -0.2) is 54.5 Å². The van der Waals surface area contributed by atoms with Crippen LogP contribution < -0.4 is 5.73 Å². The van der Waals surface area contributed by atoms with Crippen molar-refractivity contribution in [3.8, 4) is 0 Å². The van der Waals surface area contributed by atoms with Gasteiger partial charge < -0.3 is 15.5 Å². The Morgan fingerprint density at radius 3 is 2.84 bits per heavy atom. The Kier molecular flexibility index (Phi) is 3.63. The molecular weight excluding hydrogens is 238 g/mol. The molecule has 2 fully saturated rings. The van der Waals surface area contributed by atoms with Gasteiger partial charge in [0.2, 0.25) is 5.91 Å². The molecule has 4 unspecified atom stereocenters. The number of piperidine rings is 2. The standard InChI is InChI=1S/C15H25N3O/c1-17-7-2-3-12-10-18(8-6-14(12)17)15(19)11-4-5-13(16)9-11/h4-5,11-14H,2-3,6-10,16H2,1H3. The Balaban J connectivity index is 1.61. The molecule has 3 rings (SSSR count). The lowest BCUT2D eigenvalue weighted by Gasteiger charge is -2.46. The molecule has 0 bridgehead atoms. The first-order chi connectivity index (χ1) is 9.15. The maximum Gasteiger partial charge on any atom is 0.229 e. The maximum atomic E-state index is 12.5. The van der Waals surface area contributed by atoms with Crippen molar-refractivity contribution in [3.05, 3.63) is 12.2 Å². The minimum atomic E-state index is 0.0351. The normalized spacial score (nSPS) is 39.4. The third-order valence-corrected chi connectivity index (χ3v) is 5.09. The van der Waals surface area contributed by atoms with Crippen molar-refractivity contribution in [1.82, 2.24) is 9.80 Å². The molecule has 19 heavy (non-hydrogen) atoms. The van der Waals surface area contributed by atoms with Gasteiger partial charge in [-0.3, -0.25) is 4.79 Å². The highest BCUT2D eigenvalue weighted by Gasteiger charge is 2.37. The Bertz CT molecular complexity index is 382. The summed E-state index contributed by atoms with van der Waals surface area (Å²) in [6, 6.07) is 0.770. The van der Waals surface area contributed by atoms with E-state index >= 15 is 0 Å².